The molecular weight excluding hydrogens is 263 g/mol. The zero-order valence-electron chi connectivity index (χ0n) is 11.2. The molecule has 20 heavy (non-hydrogen) atoms. The molecule has 1 aliphatic rings. The van der Waals surface area contributed by atoms with Crippen LogP contribution in [0.2, 0.25) is 0 Å². The molecule has 7 heteroatoms. The molecule has 1 heterocycles. The minimum Gasteiger partial charge on any atom is -0.398 e. The monoisotopic (exact) mass is 280 g/mol. The summed E-state index contributed by atoms with van der Waals surface area (Å²) in [7, 11) is 1.71. The van der Waals surface area contributed by atoms with Crippen molar-refractivity contribution >= 4 is 23.2 Å². The van der Waals surface area contributed by atoms with Crippen molar-refractivity contribution in [1.29, 1.82) is 0 Å². The van der Waals surface area contributed by atoms with Crippen LogP contribution >= 0.6 is 0 Å². The second-order valence-corrected chi connectivity index (χ2v) is 4.85. The Morgan fingerprint density at radius 2 is 2.05 bits per heavy atom. The Kier molecular flexibility index (Phi) is 3.78. The number of amides is 2. The molecule has 6 nitrogen and oxygen atoms in total. The number of nitrogen functional groups attached to an aromatic ring is 1. The molecule has 1 aromatic rings. The molecule has 0 atom stereocenters. The van der Waals surface area contributed by atoms with Gasteiger partial charge in [-0.3, -0.25) is 9.59 Å². The van der Waals surface area contributed by atoms with Crippen LogP contribution in [0.4, 0.5) is 15.8 Å². The molecule has 0 spiro atoms. The van der Waals surface area contributed by atoms with Gasteiger partial charge in [-0.15, -0.1) is 0 Å². The van der Waals surface area contributed by atoms with E-state index < -0.39 is 11.7 Å². The highest BCUT2D eigenvalue weighted by atomic mass is 19.1. The van der Waals surface area contributed by atoms with Gasteiger partial charge in [-0.05, 0) is 18.6 Å². The SMILES string of the molecule is CN1CCCN(c2cc(C(N)=O)c(N)cc2F)CC1=O. The summed E-state index contributed by atoms with van der Waals surface area (Å²) in [6.07, 6.45) is 0.720. The Morgan fingerprint density at radius 1 is 1.35 bits per heavy atom. The molecule has 108 valence electrons. The Morgan fingerprint density at radius 3 is 2.70 bits per heavy atom. The molecule has 1 fully saturated rings. The maximum atomic E-state index is 14.0. The highest BCUT2D eigenvalue weighted by Crippen LogP contribution is 2.26. The Bertz CT molecular complexity index is 562. The lowest BCUT2D eigenvalue weighted by molar-refractivity contribution is -0.127. The molecule has 0 unspecified atom stereocenters. The van der Waals surface area contributed by atoms with E-state index in [-0.39, 0.29) is 29.4 Å². The van der Waals surface area contributed by atoms with Gasteiger partial charge in [-0.1, -0.05) is 0 Å². The van der Waals surface area contributed by atoms with Crippen LogP contribution in [0.3, 0.4) is 0 Å². The van der Waals surface area contributed by atoms with Gasteiger partial charge in [0.25, 0.3) is 5.91 Å². The second-order valence-electron chi connectivity index (χ2n) is 4.85. The summed E-state index contributed by atoms with van der Waals surface area (Å²) in [5.41, 5.74) is 11.0. The van der Waals surface area contributed by atoms with Gasteiger partial charge < -0.3 is 21.3 Å². The van der Waals surface area contributed by atoms with E-state index in [4.69, 9.17) is 11.5 Å². The maximum absolute atomic E-state index is 14.0. The van der Waals surface area contributed by atoms with E-state index in [1.165, 1.54) is 6.07 Å². The minimum absolute atomic E-state index is 0.00276. The number of carbonyl (C=O) groups excluding carboxylic acids is 2. The van der Waals surface area contributed by atoms with Crippen LogP contribution in [-0.4, -0.2) is 43.4 Å². The second kappa shape index (κ2) is 5.36. The number of hydrogen-bond donors (Lipinski definition) is 2. The van der Waals surface area contributed by atoms with Gasteiger partial charge in [0.05, 0.1) is 17.8 Å². The molecule has 0 radical (unpaired) electrons. The number of hydrogen-bond acceptors (Lipinski definition) is 4. The summed E-state index contributed by atoms with van der Waals surface area (Å²) >= 11 is 0. The summed E-state index contributed by atoms with van der Waals surface area (Å²) in [5, 5.41) is 0. The van der Waals surface area contributed by atoms with E-state index in [9.17, 15) is 14.0 Å². The van der Waals surface area contributed by atoms with Crippen LogP contribution in [-0.2, 0) is 4.79 Å². The molecule has 0 aromatic heterocycles. The van der Waals surface area contributed by atoms with Crippen molar-refractivity contribution in [2.24, 2.45) is 5.73 Å². The van der Waals surface area contributed by atoms with E-state index in [1.54, 1.807) is 16.8 Å². The lowest BCUT2D eigenvalue weighted by atomic mass is 10.1. The average molecular weight is 280 g/mol. The zero-order valence-corrected chi connectivity index (χ0v) is 11.2. The van der Waals surface area contributed by atoms with Crippen LogP contribution in [0.15, 0.2) is 12.1 Å². The molecule has 0 saturated carbocycles. The number of nitrogens with zero attached hydrogens (tertiary/aromatic N) is 2. The smallest absolute Gasteiger partial charge is 0.250 e. The highest BCUT2D eigenvalue weighted by molar-refractivity contribution is 5.99. The summed E-state index contributed by atoms with van der Waals surface area (Å²) < 4.78 is 14.0. The predicted molar refractivity (Wildman–Crippen MR) is 73.8 cm³/mol. The largest absolute Gasteiger partial charge is 0.398 e. The first-order chi connectivity index (χ1) is 9.40. The molecule has 0 aliphatic carbocycles. The third-order valence-electron chi connectivity index (χ3n) is 3.40. The lowest BCUT2D eigenvalue weighted by Crippen LogP contribution is -2.35. The Balaban J connectivity index is 2.38. The minimum atomic E-state index is -0.720. The average Bonchev–Trinajstić information content (AvgIpc) is 2.52. The first-order valence-electron chi connectivity index (χ1n) is 6.28. The van der Waals surface area contributed by atoms with Crippen LogP contribution in [0.5, 0.6) is 0 Å². The van der Waals surface area contributed by atoms with Gasteiger partial charge in [-0.2, -0.15) is 0 Å². The fraction of sp³-hybridized carbons (Fsp3) is 0.385. The fourth-order valence-corrected chi connectivity index (χ4v) is 2.23. The number of anilines is 2. The van der Waals surface area contributed by atoms with E-state index in [0.717, 1.165) is 12.5 Å². The van der Waals surface area contributed by atoms with Gasteiger partial charge in [0, 0.05) is 25.8 Å². The number of benzene rings is 1. The van der Waals surface area contributed by atoms with Crippen LogP contribution in [0, 0.1) is 5.82 Å². The lowest BCUT2D eigenvalue weighted by Gasteiger charge is -2.23. The van der Waals surface area contributed by atoms with Crippen molar-refractivity contribution < 1.29 is 14.0 Å². The van der Waals surface area contributed by atoms with Crippen LogP contribution in [0.25, 0.3) is 0 Å². The molecule has 1 saturated heterocycles. The fourth-order valence-electron chi connectivity index (χ4n) is 2.23. The van der Waals surface area contributed by atoms with Crippen LogP contribution in [0.1, 0.15) is 16.8 Å². The highest BCUT2D eigenvalue weighted by Gasteiger charge is 2.23. The number of rotatable bonds is 2. The summed E-state index contributed by atoms with van der Waals surface area (Å²) in [6, 6.07) is 2.38. The summed E-state index contributed by atoms with van der Waals surface area (Å²) in [6.45, 7) is 1.21. The third-order valence-corrected chi connectivity index (χ3v) is 3.40. The number of primary amides is 1. The van der Waals surface area contributed by atoms with E-state index in [0.29, 0.717) is 13.1 Å². The maximum Gasteiger partial charge on any atom is 0.250 e. The quantitative estimate of drug-likeness (QED) is 0.756. The number of nitrogens with two attached hydrogens (primary N) is 2. The van der Waals surface area contributed by atoms with Crippen molar-refractivity contribution in [2.75, 3.05) is 37.3 Å². The summed E-state index contributed by atoms with van der Waals surface area (Å²) in [5.74, 6) is -1.38. The van der Waals surface area contributed by atoms with Gasteiger partial charge in [0.1, 0.15) is 5.82 Å². The molecule has 4 N–H and O–H groups in total. The van der Waals surface area contributed by atoms with Gasteiger partial charge in [0.2, 0.25) is 5.91 Å². The van der Waals surface area contributed by atoms with E-state index >= 15 is 0 Å². The number of halogens is 1. The van der Waals surface area contributed by atoms with Crippen LogP contribution < -0.4 is 16.4 Å². The molecule has 1 aromatic carbocycles. The van der Waals surface area contributed by atoms with Crippen molar-refractivity contribution in [3.63, 3.8) is 0 Å². The third kappa shape index (κ3) is 2.66. The van der Waals surface area contributed by atoms with Crippen molar-refractivity contribution in [1.82, 2.24) is 4.90 Å². The Labute approximate surface area is 116 Å². The van der Waals surface area contributed by atoms with Gasteiger partial charge in [0.15, 0.2) is 0 Å². The van der Waals surface area contributed by atoms with Gasteiger partial charge in [-0.25, -0.2) is 4.39 Å². The van der Waals surface area contributed by atoms with Crippen molar-refractivity contribution in [2.45, 2.75) is 6.42 Å². The summed E-state index contributed by atoms with van der Waals surface area (Å²) in [4.78, 5) is 26.3. The first-order valence-corrected chi connectivity index (χ1v) is 6.28. The van der Waals surface area contributed by atoms with Gasteiger partial charge >= 0.3 is 0 Å². The standard InChI is InChI=1S/C13H17FN4O2/c1-17-3-2-4-18(7-12(17)19)11-5-8(13(16)20)10(15)6-9(11)14/h5-6H,2-4,7,15H2,1H3,(H2,16,20). The number of carbonyl (C=O) groups is 2. The van der Waals surface area contributed by atoms with Crippen molar-refractivity contribution in [3.05, 3.63) is 23.5 Å². The van der Waals surface area contributed by atoms with Crippen molar-refractivity contribution in [3.8, 4) is 0 Å². The Hall–Kier alpha value is -2.31. The van der Waals surface area contributed by atoms with E-state index in [1.807, 2.05) is 0 Å². The number of likely N-dealkylation sites (N-methyl/N-ethyl adjacent to an activating group) is 1. The van der Waals surface area contributed by atoms with E-state index in [2.05, 4.69) is 0 Å². The molecule has 1 aliphatic heterocycles. The molecule has 0 bridgehead atoms. The molecular formula is C13H17FN4O2. The molecule has 2 rings (SSSR count). The normalized spacial score (nSPS) is 16.2. The first kappa shape index (κ1) is 14.1. The topological polar surface area (TPSA) is 92.7 Å². The zero-order chi connectivity index (χ0) is 14.9. The molecule has 2 amide bonds. The predicted octanol–water partition coefficient (Wildman–Crippen LogP) is 0.175.